The molecule has 2 rings (SSSR count). The summed E-state index contributed by atoms with van der Waals surface area (Å²) in [6.07, 6.45) is 0.768. The van der Waals surface area contributed by atoms with Crippen LogP contribution in [0.5, 0.6) is 5.75 Å². The Morgan fingerprint density at radius 2 is 2.04 bits per heavy atom. The van der Waals surface area contributed by atoms with Gasteiger partial charge >= 0.3 is 0 Å². The third-order valence-electron chi connectivity index (χ3n) is 3.22. The summed E-state index contributed by atoms with van der Waals surface area (Å²) in [6.45, 7) is 6.77. The van der Waals surface area contributed by atoms with Gasteiger partial charge in [0.15, 0.2) is 0 Å². The van der Waals surface area contributed by atoms with Crippen LogP contribution in [0.3, 0.4) is 0 Å². The molecule has 0 unspecified atom stereocenters. The molecule has 0 aliphatic carbocycles. The lowest BCUT2D eigenvalue weighted by Gasteiger charge is -2.12. The van der Waals surface area contributed by atoms with Crippen molar-refractivity contribution in [1.82, 2.24) is 9.78 Å². The van der Waals surface area contributed by atoms with Crippen molar-refractivity contribution in [2.24, 2.45) is 0 Å². The van der Waals surface area contributed by atoms with Gasteiger partial charge in [-0.25, -0.2) is 4.68 Å². The molecule has 6 heteroatoms. The Hall–Kier alpha value is -2.63. The number of hydrogen-bond acceptors (Lipinski definition) is 4. The van der Waals surface area contributed by atoms with Crippen LogP contribution in [-0.4, -0.2) is 22.3 Å². The second kappa shape index (κ2) is 7.58. The molecule has 1 amide bonds. The maximum absolute atomic E-state index is 12.4. The molecular weight excluding hydrogens is 294 g/mol. The first kappa shape index (κ1) is 16.7. The molecule has 122 valence electrons. The number of aromatic nitrogens is 2. The molecule has 0 aliphatic heterocycles. The number of nitrogens with zero attached hydrogens (tertiary/aromatic N) is 2. The van der Waals surface area contributed by atoms with Crippen LogP contribution in [0.25, 0.3) is 0 Å². The maximum Gasteiger partial charge on any atom is 0.276 e. The summed E-state index contributed by atoms with van der Waals surface area (Å²) >= 11 is 0. The maximum atomic E-state index is 12.4. The van der Waals surface area contributed by atoms with Gasteiger partial charge in [0.1, 0.15) is 11.4 Å². The van der Waals surface area contributed by atoms with Crippen molar-refractivity contribution in [2.75, 3.05) is 11.9 Å². The van der Waals surface area contributed by atoms with Gasteiger partial charge in [0.05, 0.1) is 12.3 Å². The Labute approximate surface area is 135 Å². The second-order valence-corrected chi connectivity index (χ2v) is 5.17. The molecule has 0 saturated heterocycles. The predicted molar refractivity (Wildman–Crippen MR) is 89.1 cm³/mol. The SMILES string of the molecule is CCCn1nc(C(=O)Nc2ccc(C)cc2OCC)ccc1=O. The molecule has 0 atom stereocenters. The summed E-state index contributed by atoms with van der Waals surface area (Å²) < 4.78 is 6.84. The van der Waals surface area contributed by atoms with Gasteiger partial charge < -0.3 is 10.1 Å². The smallest absolute Gasteiger partial charge is 0.276 e. The first-order valence-electron chi connectivity index (χ1n) is 7.68. The summed E-state index contributed by atoms with van der Waals surface area (Å²) in [7, 11) is 0. The van der Waals surface area contributed by atoms with Crippen LogP contribution in [0.4, 0.5) is 5.69 Å². The molecule has 0 aliphatic rings. The van der Waals surface area contributed by atoms with Crippen LogP contribution in [0, 0.1) is 6.92 Å². The minimum Gasteiger partial charge on any atom is -0.492 e. The Morgan fingerprint density at radius 1 is 1.26 bits per heavy atom. The normalized spacial score (nSPS) is 10.4. The molecule has 1 aromatic carbocycles. The Balaban J connectivity index is 2.25. The fourth-order valence-corrected chi connectivity index (χ4v) is 2.14. The second-order valence-electron chi connectivity index (χ2n) is 5.17. The largest absolute Gasteiger partial charge is 0.492 e. The van der Waals surface area contributed by atoms with Crippen molar-refractivity contribution in [3.8, 4) is 5.75 Å². The van der Waals surface area contributed by atoms with Crippen molar-refractivity contribution >= 4 is 11.6 Å². The number of ether oxygens (including phenoxy) is 1. The molecule has 1 heterocycles. The lowest BCUT2D eigenvalue weighted by molar-refractivity contribution is 0.101. The van der Waals surface area contributed by atoms with E-state index in [9.17, 15) is 9.59 Å². The topological polar surface area (TPSA) is 73.2 Å². The number of nitrogens with one attached hydrogen (secondary N) is 1. The fourth-order valence-electron chi connectivity index (χ4n) is 2.14. The molecule has 1 N–H and O–H groups in total. The van der Waals surface area contributed by atoms with Crippen molar-refractivity contribution in [3.63, 3.8) is 0 Å². The number of amides is 1. The van der Waals surface area contributed by atoms with E-state index in [2.05, 4.69) is 10.4 Å². The van der Waals surface area contributed by atoms with Crippen LogP contribution in [0.2, 0.25) is 0 Å². The zero-order valence-corrected chi connectivity index (χ0v) is 13.6. The van der Waals surface area contributed by atoms with E-state index in [1.54, 1.807) is 6.07 Å². The number of carbonyl (C=O) groups excluding carboxylic acids is 1. The summed E-state index contributed by atoms with van der Waals surface area (Å²) in [4.78, 5) is 24.0. The Bertz CT molecular complexity index is 753. The molecule has 0 bridgehead atoms. The van der Waals surface area contributed by atoms with Gasteiger partial charge in [0.2, 0.25) is 0 Å². The van der Waals surface area contributed by atoms with Gasteiger partial charge in [-0.2, -0.15) is 5.10 Å². The van der Waals surface area contributed by atoms with Gasteiger partial charge in [-0.15, -0.1) is 0 Å². The number of anilines is 1. The van der Waals surface area contributed by atoms with Crippen molar-refractivity contribution in [2.45, 2.75) is 33.7 Å². The first-order chi connectivity index (χ1) is 11.0. The zero-order chi connectivity index (χ0) is 16.8. The lowest BCUT2D eigenvalue weighted by Crippen LogP contribution is -2.26. The zero-order valence-electron chi connectivity index (χ0n) is 13.6. The third kappa shape index (κ3) is 4.18. The van der Waals surface area contributed by atoms with Gasteiger partial charge in [0, 0.05) is 12.6 Å². The lowest BCUT2D eigenvalue weighted by atomic mass is 10.2. The van der Waals surface area contributed by atoms with E-state index < -0.39 is 0 Å². The van der Waals surface area contributed by atoms with Gasteiger partial charge in [-0.3, -0.25) is 9.59 Å². The molecule has 0 spiro atoms. The Kier molecular flexibility index (Phi) is 5.51. The van der Waals surface area contributed by atoms with Crippen LogP contribution in [0.15, 0.2) is 35.1 Å². The van der Waals surface area contributed by atoms with Crippen LogP contribution >= 0.6 is 0 Å². The molecule has 0 fully saturated rings. The highest BCUT2D eigenvalue weighted by atomic mass is 16.5. The van der Waals surface area contributed by atoms with Crippen LogP contribution in [-0.2, 0) is 6.54 Å². The highest BCUT2D eigenvalue weighted by Crippen LogP contribution is 2.26. The van der Waals surface area contributed by atoms with E-state index in [0.29, 0.717) is 24.6 Å². The van der Waals surface area contributed by atoms with E-state index in [-0.39, 0.29) is 17.2 Å². The van der Waals surface area contributed by atoms with Gasteiger partial charge in [-0.1, -0.05) is 13.0 Å². The number of hydrogen-bond donors (Lipinski definition) is 1. The molecule has 23 heavy (non-hydrogen) atoms. The predicted octanol–water partition coefficient (Wildman–Crippen LogP) is 2.61. The first-order valence-corrected chi connectivity index (χ1v) is 7.68. The molecule has 1 aromatic heterocycles. The number of rotatable bonds is 6. The molecular formula is C17H21N3O3. The van der Waals surface area contributed by atoms with Gasteiger partial charge in [-0.05, 0) is 44.0 Å². The van der Waals surface area contributed by atoms with Crippen molar-refractivity contribution < 1.29 is 9.53 Å². The van der Waals surface area contributed by atoms with E-state index in [4.69, 9.17) is 4.74 Å². The Morgan fingerprint density at radius 3 is 2.74 bits per heavy atom. The highest BCUT2D eigenvalue weighted by molar-refractivity contribution is 6.03. The third-order valence-corrected chi connectivity index (χ3v) is 3.22. The minimum atomic E-state index is -0.375. The quantitative estimate of drug-likeness (QED) is 0.889. The van der Waals surface area contributed by atoms with Crippen LogP contribution < -0.4 is 15.6 Å². The van der Waals surface area contributed by atoms with E-state index in [1.807, 2.05) is 32.9 Å². The van der Waals surface area contributed by atoms with Crippen molar-refractivity contribution in [3.05, 3.63) is 51.9 Å². The molecule has 0 saturated carbocycles. The summed E-state index contributed by atoms with van der Waals surface area (Å²) in [5, 5.41) is 6.89. The van der Waals surface area contributed by atoms with Crippen LogP contribution in [0.1, 0.15) is 36.3 Å². The molecule has 2 aromatic rings. The molecule has 0 radical (unpaired) electrons. The average Bonchev–Trinajstić information content (AvgIpc) is 2.52. The summed E-state index contributed by atoms with van der Waals surface area (Å²) in [6, 6.07) is 8.34. The fraction of sp³-hybridized carbons (Fsp3) is 0.353. The summed E-state index contributed by atoms with van der Waals surface area (Å²) in [5.41, 5.74) is 1.60. The number of carbonyl (C=O) groups is 1. The molecule has 6 nitrogen and oxygen atoms in total. The minimum absolute atomic E-state index is 0.195. The average molecular weight is 315 g/mol. The van der Waals surface area contributed by atoms with E-state index >= 15 is 0 Å². The standard InChI is InChI=1S/C17H21N3O3/c1-4-10-20-16(21)9-8-14(19-20)17(22)18-13-7-6-12(3)11-15(13)23-5-2/h6-9,11H,4-5,10H2,1-3H3,(H,18,22). The summed E-state index contributed by atoms with van der Waals surface area (Å²) in [5.74, 6) is 0.238. The van der Waals surface area contributed by atoms with Gasteiger partial charge in [0.25, 0.3) is 11.5 Å². The van der Waals surface area contributed by atoms with E-state index in [1.165, 1.54) is 16.8 Å². The van der Waals surface area contributed by atoms with Crippen molar-refractivity contribution in [1.29, 1.82) is 0 Å². The number of aryl methyl sites for hydroxylation is 2. The van der Waals surface area contributed by atoms with E-state index in [0.717, 1.165) is 12.0 Å². The monoisotopic (exact) mass is 315 g/mol. The number of benzene rings is 1. The highest BCUT2D eigenvalue weighted by Gasteiger charge is 2.13.